The highest BCUT2D eigenvalue weighted by molar-refractivity contribution is 6.42. The van der Waals surface area contributed by atoms with Gasteiger partial charge in [-0.1, -0.05) is 34.8 Å². The second kappa shape index (κ2) is 6.55. The zero-order valence-electron chi connectivity index (χ0n) is 11.5. The molecule has 0 fully saturated rings. The number of alkyl halides is 3. The zero-order chi connectivity index (χ0) is 17.4. The van der Waals surface area contributed by atoms with Crippen LogP contribution in [0.2, 0.25) is 15.2 Å². The van der Waals surface area contributed by atoms with Crippen LogP contribution in [0.4, 0.5) is 13.2 Å². The van der Waals surface area contributed by atoms with Crippen molar-refractivity contribution in [2.24, 2.45) is 7.05 Å². The van der Waals surface area contributed by atoms with Crippen LogP contribution in [-0.4, -0.2) is 15.6 Å². The first-order valence-electron chi connectivity index (χ1n) is 6.08. The molecular formula is C14H8Cl3F3N2O. The van der Waals surface area contributed by atoms with Crippen molar-refractivity contribution in [1.82, 2.24) is 9.78 Å². The van der Waals surface area contributed by atoms with Crippen molar-refractivity contribution in [2.75, 3.05) is 0 Å². The Balaban J connectivity index is 2.36. The van der Waals surface area contributed by atoms with Gasteiger partial charge in [-0.3, -0.25) is 9.48 Å². The summed E-state index contributed by atoms with van der Waals surface area (Å²) in [7, 11) is 1.27. The van der Waals surface area contributed by atoms with Crippen LogP contribution in [0.5, 0.6) is 0 Å². The highest BCUT2D eigenvalue weighted by Gasteiger charge is 2.37. The average molecular weight is 384 g/mol. The first kappa shape index (κ1) is 17.8. The molecule has 9 heteroatoms. The molecule has 2 rings (SSSR count). The van der Waals surface area contributed by atoms with Crippen LogP contribution in [-0.2, 0) is 13.2 Å². The van der Waals surface area contributed by atoms with E-state index in [4.69, 9.17) is 34.8 Å². The number of ketones is 1. The zero-order valence-corrected chi connectivity index (χ0v) is 13.7. The third kappa shape index (κ3) is 3.88. The standard InChI is InChI=1S/C14H8Cl3F3N2O/c1-22-13(17)8(12(21-22)14(18,19)20)3-5-11(23)7-2-4-9(15)10(16)6-7/h2-6H,1H3. The Morgan fingerprint density at radius 2 is 1.87 bits per heavy atom. The van der Waals surface area contributed by atoms with Gasteiger partial charge in [-0.05, 0) is 30.4 Å². The van der Waals surface area contributed by atoms with E-state index in [9.17, 15) is 18.0 Å². The largest absolute Gasteiger partial charge is 0.435 e. The molecule has 0 aliphatic carbocycles. The van der Waals surface area contributed by atoms with Crippen LogP contribution in [0, 0.1) is 0 Å². The molecule has 0 N–H and O–H groups in total. The maximum absolute atomic E-state index is 12.9. The molecule has 0 aliphatic heterocycles. The minimum atomic E-state index is -4.68. The van der Waals surface area contributed by atoms with Gasteiger partial charge in [0.05, 0.1) is 10.0 Å². The van der Waals surface area contributed by atoms with Crippen molar-refractivity contribution in [1.29, 1.82) is 0 Å². The van der Waals surface area contributed by atoms with E-state index in [-0.39, 0.29) is 26.3 Å². The summed E-state index contributed by atoms with van der Waals surface area (Å²) >= 11 is 17.3. The van der Waals surface area contributed by atoms with Crippen LogP contribution in [0.15, 0.2) is 24.3 Å². The Labute approximate surface area is 144 Å². The van der Waals surface area contributed by atoms with Crippen LogP contribution in [0.1, 0.15) is 21.6 Å². The summed E-state index contributed by atoms with van der Waals surface area (Å²) in [4.78, 5) is 12.0. The Morgan fingerprint density at radius 3 is 2.43 bits per heavy atom. The van der Waals surface area contributed by atoms with Crippen LogP contribution >= 0.6 is 34.8 Å². The molecule has 0 saturated heterocycles. The summed E-state index contributed by atoms with van der Waals surface area (Å²) in [6.45, 7) is 0. The van der Waals surface area contributed by atoms with Crippen molar-refractivity contribution < 1.29 is 18.0 Å². The predicted octanol–water partition coefficient (Wildman–Crippen LogP) is 5.30. The topological polar surface area (TPSA) is 34.9 Å². The van der Waals surface area contributed by atoms with E-state index in [1.54, 1.807) is 0 Å². The van der Waals surface area contributed by atoms with Crippen molar-refractivity contribution in [2.45, 2.75) is 6.18 Å². The van der Waals surface area contributed by atoms with Crippen molar-refractivity contribution in [3.8, 4) is 0 Å². The minimum absolute atomic E-state index is 0.168. The van der Waals surface area contributed by atoms with Gasteiger partial charge in [0.1, 0.15) is 5.15 Å². The number of carbonyl (C=O) groups excluding carboxylic acids is 1. The van der Waals surface area contributed by atoms with Crippen molar-refractivity contribution in [3.05, 3.63) is 56.3 Å². The van der Waals surface area contributed by atoms with Crippen LogP contribution in [0.3, 0.4) is 0 Å². The quantitative estimate of drug-likeness (QED) is 0.533. The average Bonchev–Trinajstić information content (AvgIpc) is 2.75. The first-order valence-corrected chi connectivity index (χ1v) is 7.22. The number of benzene rings is 1. The number of allylic oxidation sites excluding steroid dienone is 1. The molecule has 23 heavy (non-hydrogen) atoms. The molecule has 1 aromatic carbocycles. The third-order valence-corrected chi connectivity index (χ3v) is 4.07. The monoisotopic (exact) mass is 382 g/mol. The van der Waals surface area contributed by atoms with E-state index >= 15 is 0 Å². The Hall–Kier alpha value is -1.50. The number of halogens is 6. The van der Waals surface area contributed by atoms with Crippen LogP contribution in [0.25, 0.3) is 6.08 Å². The Bertz CT molecular complexity index is 797. The van der Waals surface area contributed by atoms with Gasteiger partial charge in [-0.25, -0.2) is 0 Å². The molecule has 0 radical (unpaired) electrons. The molecule has 2 aromatic rings. The molecule has 0 aliphatic rings. The lowest BCUT2D eigenvalue weighted by Crippen LogP contribution is -2.08. The fourth-order valence-electron chi connectivity index (χ4n) is 1.78. The molecule has 122 valence electrons. The van der Waals surface area contributed by atoms with Gasteiger partial charge < -0.3 is 0 Å². The van der Waals surface area contributed by atoms with E-state index in [1.165, 1.54) is 25.2 Å². The smallest absolute Gasteiger partial charge is 0.289 e. The van der Waals surface area contributed by atoms with E-state index < -0.39 is 17.7 Å². The number of hydrogen-bond acceptors (Lipinski definition) is 2. The van der Waals surface area contributed by atoms with Crippen LogP contribution < -0.4 is 0 Å². The van der Waals surface area contributed by atoms with Gasteiger partial charge in [0.2, 0.25) is 0 Å². The first-order chi connectivity index (χ1) is 10.6. The van der Waals surface area contributed by atoms with Gasteiger partial charge >= 0.3 is 6.18 Å². The summed E-state index contributed by atoms with van der Waals surface area (Å²) in [5, 5.41) is 3.52. The Kier molecular flexibility index (Phi) is 5.08. The number of nitrogens with zero attached hydrogens (tertiary/aromatic N) is 2. The normalized spacial score (nSPS) is 12.1. The molecular weight excluding hydrogens is 376 g/mol. The lowest BCUT2D eigenvalue weighted by molar-refractivity contribution is -0.141. The Morgan fingerprint density at radius 1 is 1.22 bits per heavy atom. The lowest BCUT2D eigenvalue weighted by atomic mass is 10.1. The maximum atomic E-state index is 12.9. The maximum Gasteiger partial charge on any atom is 0.435 e. The summed E-state index contributed by atoms with van der Waals surface area (Å²) in [5.74, 6) is -0.545. The number of carbonyl (C=O) groups is 1. The van der Waals surface area contributed by atoms with Gasteiger partial charge in [0.25, 0.3) is 0 Å². The second-order valence-corrected chi connectivity index (χ2v) is 5.67. The highest BCUT2D eigenvalue weighted by Crippen LogP contribution is 2.35. The molecule has 1 heterocycles. The second-order valence-electron chi connectivity index (χ2n) is 4.50. The number of aryl methyl sites for hydroxylation is 1. The van der Waals surface area contributed by atoms with E-state index in [2.05, 4.69) is 5.10 Å². The van der Waals surface area contributed by atoms with Gasteiger partial charge in [-0.2, -0.15) is 18.3 Å². The summed E-state index contributed by atoms with van der Waals surface area (Å²) in [5.41, 5.74) is -1.36. The molecule has 0 spiro atoms. The summed E-state index contributed by atoms with van der Waals surface area (Å²) < 4.78 is 39.6. The lowest BCUT2D eigenvalue weighted by Gasteiger charge is -2.03. The van der Waals surface area contributed by atoms with Gasteiger partial charge in [0, 0.05) is 18.2 Å². The van der Waals surface area contributed by atoms with Gasteiger partial charge in [0.15, 0.2) is 11.5 Å². The number of aromatic nitrogens is 2. The fourth-order valence-corrected chi connectivity index (χ4v) is 2.27. The van der Waals surface area contributed by atoms with E-state index in [1.807, 2.05) is 0 Å². The highest BCUT2D eigenvalue weighted by atomic mass is 35.5. The van der Waals surface area contributed by atoms with Crippen molar-refractivity contribution in [3.63, 3.8) is 0 Å². The molecule has 1 aromatic heterocycles. The fraction of sp³-hybridized carbons (Fsp3) is 0.143. The number of hydrogen-bond donors (Lipinski definition) is 0. The summed E-state index contributed by atoms with van der Waals surface area (Å²) in [6.07, 6.45) is -2.74. The molecule has 0 bridgehead atoms. The number of rotatable bonds is 3. The molecule has 0 amide bonds. The predicted molar refractivity (Wildman–Crippen MR) is 83.0 cm³/mol. The molecule has 0 saturated carbocycles. The molecule has 0 unspecified atom stereocenters. The SMILES string of the molecule is Cn1nc(C(F)(F)F)c(C=CC(=O)c2ccc(Cl)c(Cl)c2)c1Cl. The molecule has 0 atom stereocenters. The van der Waals surface area contributed by atoms with E-state index in [0.717, 1.165) is 16.8 Å². The van der Waals surface area contributed by atoms with Crippen molar-refractivity contribution >= 4 is 46.7 Å². The van der Waals surface area contributed by atoms with E-state index in [0.29, 0.717) is 0 Å². The third-order valence-electron chi connectivity index (χ3n) is 2.89. The summed E-state index contributed by atoms with van der Waals surface area (Å²) in [6, 6.07) is 4.16. The minimum Gasteiger partial charge on any atom is -0.289 e. The van der Waals surface area contributed by atoms with Gasteiger partial charge in [-0.15, -0.1) is 0 Å². The molecule has 3 nitrogen and oxygen atoms in total.